The van der Waals surface area contributed by atoms with Gasteiger partial charge in [-0.15, -0.1) is 0 Å². The molecule has 12 nitrogen and oxygen atoms in total. The number of anilines is 2. The fourth-order valence-corrected chi connectivity index (χ4v) is 4.46. The molecular weight excluding hydrogens is 553 g/mol. The maximum Gasteiger partial charge on any atom is 1.00 e. The van der Waals surface area contributed by atoms with Crippen molar-refractivity contribution in [1.29, 1.82) is 0 Å². The van der Waals surface area contributed by atoms with E-state index in [1.54, 1.807) is 29.2 Å². The van der Waals surface area contributed by atoms with Crippen LogP contribution in [0.2, 0.25) is 0 Å². The normalized spacial score (nSPS) is 12.2. The molecule has 1 saturated heterocycles. The van der Waals surface area contributed by atoms with Crippen LogP contribution in [-0.4, -0.2) is 84.5 Å². The van der Waals surface area contributed by atoms with Crippen molar-refractivity contribution in [2.24, 2.45) is 0 Å². The van der Waals surface area contributed by atoms with Crippen LogP contribution in [0.1, 0.15) is 38.2 Å². The van der Waals surface area contributed by atoms with Gasteiger partial charge in [-0.2, -0.15) is 0 Å². The summed E-state index contributed by atoms with van der Waals surface area (Å²) in [6, 6.07) is 11.9. The monoisotopic (exact) mass is 591 g/mol. The number of carboxylic acids is 1. The minimum absolute atomic E-state index is 0. The molecule has 2 aromatic rings. The third kappa shape index (κ3) is 11.0. The van der Waals surface area contributed by atoms with Crippen LogP contribution in [0.4, 0.5) is 16.2 Å². The molecule has 0 aliphatic carbocycles. The second kappa shape index (κ2) is 17.4. The number of likely N-dealkylation sites (tertiary alicyclic amines) is 1. The van der Waals surface area contributed by atoms with E-state index in [2.05, 4.69) is 16.0 Å². The number of carboxylic acid groups (broad SMARTS) is 1. The number of aryl methyl sites for hydroxylation is 1. The fraction of sp³-hybridized carbons (Fsp3) is 0.414. The Morgan fingerprint density at radius 2 is 1.81 bits per heavy atom. The quantitative estimate of drug-likeness (QED) is 0.221. The Balaban J connectivity index is 0.00000462. The number of rotatable bonds is 14. The number of hydrogen-bond donors (Lipinski definition) is 4. The summed E-state index contributed by atoms with van der Waals surface area (Å²) >= 11 is 0. The zero-order chi connectivity index (χ0) is 29.8. The van der Waals surface area contributed by atoms with Gasteiger partial charge in [0.1, 0.15) is 5.75 Å². The summed E-state index contributed by atoms with van der Waals surface area (Å²) in [4.78, 5) is 63.8. The van der Waals surface area contributed by atoms with Gasteiger partial charge in [0.25, 0.3) is 0 Å². The molecular formula is C29H38N5NaO7. The third-order valence-electron chi connectivity index (χ3n) is 6.68. The number of hydrogen-bond acceptors (Lipinski definition) is 6. The van der Waals surface area contributed by atoms with Crippen LogP contribution in [0.15, 0.2) is 42.5 Å². The van der Waals surface area contributed by atoms with Gasteiger partial charge in [-0.3, -0.25) is 19.2 Å². The first-order valence-corrected chi connectivity index (χ1v) is 13.5. The Bertz CT molecular complexity index is 1280. The van der Waals surface area contributed by atoms with Crippen molar-refractivity contribution in [1.82, 2.24) is 15.1 Å². The van der Waals surface area contributed by atoms with Crippen LogP contribution in [0.5, 0.6) is 5.75 Å². The molecule has 0 bridgehead atoms. The largest absolute Gasteiger partial charge is 1.00 e. The maximum atomic E-state index is 12.8. The summed E-state index contributed by atoms with van der Waals surface area (Å²) in [6.45, 7) is 3.10. The summed E-state index contributed by atoms with van der Waals surface area (Å²) in [5, 5.41) is 17.2. The minimum atomic E-state index is -1.03. The molecule has 0 saturated carbocycles. The number of aliphatic carboxylic acids is 1. The van der Waals surface area contributed by atoms with Crippen LogP contribution >= 0.6 is 0 Å². The summed E-state index contributed by atoms with van der Waals surface area (Å²) < 4.78 is 5.39. The summed E-state index contributed by atoms with van der Waals surface area (Å²) in [7, 11) is 1.45. The molecule has 0 unspecified atom stereocenters. The van der Waals surface area contributed by atoms with E-state index >= 15 is 0 Å². The van der Waals surface area contributed by atoms with Crippen LogP contribution in [0.3, 0.4) is 0 Å². The van der Waals surface area contributed by atoms with Crippen LogP contribution in [0, 0.1) is 6.92 Å². The van der Waals surface area contributed by atoms with Crippen molar-refractivity contribution in [3.8, 4) is 5.75 Å². The predicted molar refractivity (Wildman–Crippen MR) is 154 cm³/mol. The van der Waals surface area contributed by atoms with Gasteiger partial charge in [0, 0.05) is 38.3 Å². The van der Waals surface area contributed by atoms with Gasteiger partial charge in [-0.1, -0.05) is 24.3 Å². The summed E-state index contributed by atoms with van der Waals surface area (Å²) in [5.41, 5.74) is 2.62. The van der Waals surface area contributed by atoms with E-state index in [9.17, 15) is 24.0 Å². The Hall–Kier alpha value is -3.61. The molecule has 0 spiro atoms. The molecule has 13 heteroatoms. The Morgan fingerprint density at radius 3 is 2.48 bits per heavy atom. The van der Waals surface area contributed by atoms with Crippen molar-refractivity contribution in [2.45, 2.75) is 39.0 Å². The van der Waals surface area contributed by atoms with Crippen molar-refractivity contribution in [2.75, 3.05) is 50.5 Å². The van der Waals surface area contributed by atoms with E-state index in [0.717, 1.165) is 12.0 Å². The van der Waals surface area contributed by atoms with Crippen LogP contribution in [0.25, 0.3) is 0 Å². The first kappa shape index (κ1) is 34.6. The summed E-state index contributed by atoms with van der Waals surface area (Å²) in [6.07, 6.45) is 1.62. The number of nitrogens with one attached hydrogen (secondary N) is 3. The van der Waals surface area contributed by atoms with Crippen LogP contribution in [-0.2, 0) is 25.6 Å². The molecule has 2 aromatic carbocycles. The van der Waals surface area contributed by atoms with Gasteiger partial charge >= 0.3 is 41.6 Å². The number of methoxy groups -OCH3 is 1. The fourth-order valence-electron chi connectivity index (χ4n) is 4.46. The second-order valence-corrected chi connectivity index (χ2v) is 9.74. The number of ether oxygens (including phenoxy) is 1. The molecule has 0 radical (unpaired) electrons. The van der Waals surface area contributed by atoms with Crippen molar-refractivity contribution >= 4 is 41.1 Å². The molecule has 0 atom stereocenters. The van der Waals surface area contributed by atoms with Crippen molar-refractivity contribution in [3.05, 3.63) is 53.6 Å². The number of urea groups is 1. The number of carbonyl (C=O) groups is 5. The smallest absolute Gasteiger partial charge is 1.00 e. The van der Waals surface area contributed by atoms with E-state index < -0.39 is 23.8 Å². The van der Waals surface area contributed by atoms with Gasteiger partial charge in [0.2, 0.25) is 17.7 Å². The predicted octanol–water partition coefficient (Wildman–Crippen LogP) is -0.261. The first-order valence-electron chi connectivity index (χ1n) is 13.5. The van der Waals surface area contributed by atoms with Gasteiger partial charge < -0.3 is 37.0 Å². The number of amides is 5. The topological polar surface area (TPSA) is 157 Å². The zero-order valence-corrected chi connectivity index (χ0v) is 26.4. The number of benzene rings is 2. The van der Waals surface area contributed by atoms with E-state index in [1.165, 1.54) is 12.0 Å². The number of nitrogens with zero attached hydrogens (tertiary/aromatic N) is 2. The average Bonchev–Trinajstić information content (AvgIpc) is 3.35. The van der Waals surface area contributed by atoms with E-state index in [0.29, 0.717) is 48.6 Å². The molecule has 1 fully saturated rings. The van der Waals surface area contributed by atoms with Gasteiger partial charge in [-0.25, -0.2) is 4.79 Å². The Kier molecular flexibility index (Phi) is 14.3. The molecule has 1 aliphatic heterocycles. The van der Waals surface area contributed by atoms with Crippen molar-refractivity contribution in [3.63, 3.8) is 0 Å². The van der Waals surface area contributed by atoms with Crippen molar-refractivity contribution < 1.29 is 64.8 Å². The Labute approximate surface area is 268 Å². The molecule has 222 valence electrons. The molecule has 3 rings (SSSR count). The molecule has 4 N–H and O–H groups in total. The number of para-hydroxylation sites is 1. The standard InChI is InChI=1S/C29H37N5O7.Na.H/c1-20-7-3-4-8-22(20)31-29(40)32-23-11-10-21(17-24(23)41-2)18-25(35)30-19-27(37)34(16-12-28(38)39)15-6-14-33-13-5-9-26(33)36;;/h3-4,7-8,10-11,17H,5-6,9,12-16,18-19H2,1-2H3,(H,30,35)(H,38,39)(H2,31,32,40);;/q;+1;-1. The average molecular weight is 592 g/mol. The first-order chi connectivity index (χ1) is 19.7. The molecule has 42 heavy (non-hydrogen) atoms. The second-order valence-electron chi connectivity index (χ2n) is 9.74. The van der Waals surface area contributed by atoms with Gasteiger partial charge in [-0.05, 0) is 49.1 Å². The van der Waals surface area contributed by atoms with Crippen LogP contribution < -0.4 is 50.2 Å². The number of carbonyl (C=O) groups excluding carboxylic acids is 4. The zero-order valence-electron chi connectivity index (χ0n) is 25.4. The minimum Gasteiger partial charge on any atom is -1.00 e. The van der Waals surface area contributed by atoms with E-state index in [1.807, 2.05) is 25.1 Å². The van der Waals surface area contributed by atoms with E-state index in [4.69, 9.17) is 9.84 Å². The third-order valence-corrected chi connectivity index (χ3v) is 6.68. The van der Waals surface area contributed by atoms with Gasteiger partial charge in [0.15, 0.2) is 0 Å². The molecule has 5 amide bonds. The molecule has 1 heterocycles. The molecule has 1 aliphatic rings. The summed E-state index contributed by atoms with van der Waals surface area (Å²) in [5.74, 6) is -1.38. The maximum absolute atomic E-state index is 12.8. The van der Waals surface area contributed by atoms with E-state index in [-0.39, 0.29) is 69.4 Å². The Morgan fingerprint density at radius 1 is 1.07 bits per heavy atom. The SMILES string of the molecule is COc1cc(CC(=O)NCC(=O)N(CCCN2CCCC2=O)CCC(=O)O)ccc1NC(=O)Nc1ccccc1C.[H-].[Na+]. The van der Waals surface area contributed by atoms with Gasteiger partial charge in [0.05, 0.1) is 32.2 Å². The molecule has 0 aromatic heterocycles.